The lowest BCUT2D eigenvalue weighted by molar-refractivity contribution is -0.0367. The summed E-state index contributed by atoms with van der Waals surface area (Å²) in [5, 5.41) is 19.8. The zero-order valence-corrected chi connectivity index (χ0v) is 17.5. The highest BCUT2D eigenvalue weighted by Crippen LogP contribution is 2.53. The Labute approximate surface area is 180 Å². The Kier molecular flexibility index (Phi) is 4.33. The van der Waals surface area contributed by atoms with Crippen molar-refractivity contribution in [1.29, 1.82) is 0 Å². The molecule has 1 saturated heterocycles. The maximum Gasteiger partial charge on any atom is 0.272 e. The van der Waals surface area contributed by atoms with Crippen molar-refractivity contribution < 1.29 is 9.53 Å². The number of hydrogen-bond donors (Lipinski definition) is 2. The quantitative estimate of drug-likeness (QED) is 0.662. The van der Waals surface area contributed by atoms with Crippen molar-refractivity contribution in [3.05, 3.63) is 41.7 Å². The van der Waals surface area contributed by atoms with Crippen LogP contribution in [0.1, 0.15) is 41.7 Å². The maximum atomic E-state index is 12.5. The Morgan fingerprint density at radius 3 is 2.68 bits per heavy atom. The van der Waals surface area contributed by atoms with Gasteiger partial charge in [-0.25, -0.2) is 0 Å². The van der Waals surface area contributed by atoms with Crippen LogP contribution in [0.2, 0.25) is 0 Å². The number of rotatable bonds is 5. The van der Waals surface area contributed by atoms with Gasteiger partial charge in [0.05, 0.1) is 11.7 Å². The summed E-state index contributed by atoms with van der Waals surface area (Å²) in [5.74, 6) is 3.02. The van der Waals surface area contributed by atoms with E-state index in [4.69, 9.17) is 4.74 Å². The molecule has 1 aromatic carbocycles. The molecule has 3 heterocycles. The van der Waals surface area contributed by atoms with Gasteiger partial charge in [-0.2, -0.15) is 5.10 Å². The Bertz CT molecular complexity index is 1120. The fourth-order valence-corrected chi connectivity index (χ4v) is 5.02. The zero-order valence-electron chi connectivity index (χ0n) is 17.5. The largest absolute Gasteiger partial charge is 0.490 e. The molecule has 0 unspecified atom stereocenters. The predicted octanol–water partition coefficient (Wildman–Crippen LogP) is 2.85. The van der Waals surface area contributed by atoms with Crippen LogP contribution in [0.3, 0.4) is 0 Å². The Morgan fingerprint density at radius 1 is 1.16 bits per heavy atom. The third-order valence-electron chi connectivity index (χ3n) is 7.17. The van der Waals surface area contributed by atoms with Crippen molar-refractivity contribution in [2.24, 2.45) is 11.8 Å². The number of aryl methyl sites for hydroxylation is 1. The lowest BCUT2D eigenvalue weighted by Crippen LogP contribution is -2.63. The molecular weight excluding hydrogens is 392 g/mol. The minimum absolute atomic E-state index is 0.0942. The summed E-state index contributed by atoms with van der Waals surface area (Å²) in [5.41, 5.74) is 2.42. The molecule has 1 aliphatic heterocycles. The molecule has 31 heavy (non-hydrogen) atoms. The number of benzene rings is 1. The third kappa shape index (κ3) is 3.30. The van der Waals surface area contributed by atoms with Crippen LogP contribution < -0.4 is 15.0 Å². The van der Waals surface area contributed by atoms with E-state index in [1.54, 1.807) is 0 Å². The molecule has 0 spiro atoms. The van der Waals surface area contributed by atoms with Crippen LogP contribution in [0.4, 0.5) is 5.82 Å². The monoisotopic (exact) mass is 418 g/mol. The highest BCUT2D eigenvalue weighted by Gasteiger charge is 2.53. The van der Waals surface area contributed by atoms with Gasteiger partial charge < -0.3 is 15.0 Å². The number of carbonyl (C=O) groups is 1. The van der Waals surface area contributed by atoms with Crippen molar-refractivity contribution in [1.82, 2.24) is 25.7 Å². The number of nitrogens with zero attached hydrogens (tertiary/aromatic N) is 4. The Balaban J connectivity index is 1.06. The molecule has 7 rings (SSSR count). The molecule has 0 atom stereocenters. The van der Waals surface area contributed by atoms with E-state index in [-0.39, 0.29) is 12.0 Å². The summed E-state index contributed by atoms with van der Waals surface area (Å²) < 4.78 is 6.21. The Morgan fingerprint density at radius 2 is 1.97 bits per heavy atom. The number of anilines is 1. The average molecular weight is 419 g/mol. The normalized spacial score (nSPS) is 25.1. The average Bonchev–Trinajstić information content (AvgIpc) is 3.19. The smallest absolute Gasteiger partial charge is 0.272 e. The van der Waals surface area contributed by atoms with Crippen LogP contribution in [0.15, 0.2) is 30.5 Å². The first-order valence-electron chi connectivity index (χ1n) is 11.1. The summed E-state index contributed by atoms with van der Waals surface area (Å²) in [6.07, 6.45) is 6.35. The van der Waals surface area contributed by atoms with Gasteiger partial charge in [-0.15, -0.1) is 10.2 Å². The molecule has 8 heteroatoms. The topological polar surface area (TPSA) is 96.0 Å². The van der Waals surface area contributed by atoms with E-state index in [1.807, 2.05) is 37.4 Å². The number of aromatic nitrogens is 4. The lowest BCUT2D eigenvalue weighted by atomic mass is 9.52. The molecular formula is C23H26N6O2. The summed E-state index contributed by atoms with van der Waals surface area (Å²) in [7, 11) is 0. The highest BCUT2D eigenvalue weighted by atomic mass is 16.5. The van der Waals surface area contributed by atoms with E-state index in [1.165, 1.54) is 12.8 Å². The first-order valence-corrected chi connectivity index (χ1v) is 11.1. The van der Waals surface area contributed by atoms with E-state index in [0.29, 0.717) is 23.6 Å². The number of fused-ring (bicyclic) bond motifs is 1. The number of H-pyrrole nitrogens is 1. The van der Waals surface area contributed by atoms with Crippen LogP contribution in [-0.4, -0.2) is 51.5 Å². The van der Waals surface area contributed by atoms with Crippen molar-refractivity contribution in [3.63, 3.8) is 0 Å². The van der Waals surface area contributed by atoms with Crippen LogP contribution in [0.25, 0.3) is 10.9 Å². The fourth-order valence-electron chi connectivity index (χ4n) is 5.02. The molecule has 2 N–H and O–H groups in total. The van der Waals surface area contributed by atoms with Crippen molar-refractivity contribution in [2.75, 3.05) is 18.0 Å². The molecule has 2 bridgehead atoms. The first-order chi connectivity index (χ1) is 15.1. The summed E-state index contributed by atoms with van der Waals surface area (Å²) in [6, 6.07) is 8.24. The minimum atomic E-state index is -0.0942. The maximum absolute atomic E-state index is 12.5. The highest BCUT2D eigenvalue weighted by molar-refractivity contribution is 5.93. The lowest BCUT2D eigenvalue weighted by Gasteiger charge is -2.58. The summed E-state index contributed by atoms with van der Waals surface area (Å²) in [6.45, 7) is 3.71. The summed E-state index contributed by atoms with van der Waals surface area (Å²) >= 11 is 0. The molecule has 1 amide bonds. The number of aromatic amines is 1. The van der Waals surface area contributed by atoms with E-state index in [9.17, 15) is 4.79 Å². The van der Waals surface area contributed by atoms with Gasteiger partial charge in [0.25, 0.3) is 5.91 Å². The summed E-state index contributed by atoms with van der Waals surface area (Å²) in [4.78, 5) is 14.7. The molecule has 3 aliphatic carbocycles. The van der Waals surface area contributed by atoms with Gasteiger partial charge in [0.1, 0.15) is 11.9 Å². The van der Waals surface area contributed by atoms with E-state index >= 15 is 0 Å². The fraction of sp³-hybridized carbons (Fsp3) is 0.478. The van der Waals surface area contributed by atoms with Crippen LogP contribution in [0.5, 0.6) is 5.75 Å². The van der Waals surface area contributed by atoms with Gasteiger partial charge in [-0.3, -0.25) is 9.89 Å². The van der Waals surface area contributed by atoms with Crippen molar-refractivity contribution in [2.45, 2.75) is 44.8 Å². The molecule has 2 aromatic heterocycles. The van der Waals surface area contributed by atoms with Gasteiger partial charge in [0.15, 0.2) is 11.5 Å². The second-order valence-corrected chi connectivity index (χ2v) is 9.15. The van der Waals surface area contributed by atoms with Gasteiger partial charge in [-0.1, -0.05) is 0 Å². The number of piperidine rings is 1. The minimum Gasteiger partial charge on any atom is -0.490 e. The van der Waals surface area contributed by atoms with Crippen LogP contribution in [-0.2, 0) is 0 Å². The second-order valence-electron chi connectivity index (χ2n) is 9.15. The number of nitrogens with one attached hydrogen (secondary N) is 2. The van der Waals surface area contributed by atoms with Gasteiger partial charge in [-0.05, 0) is 61.4 Å². The van der Waals surface area contributed by atoms with Crippen LogP contribution >= 0.6 is 0 Å². The SMILES string of the molecule is Cc1cc(C(=O)NC2C3CC2C3)nnc1N1CCC(Oc2ccc3[nH]ncc3c2)CC1. The molecule has 4 aliphatic rings. The molecule has 4 fully saturated rings. The van der Waals surface area contributed by atoms with E-state index in [0.717, 1.165) is 54.0 Å². The number of carbonyl (C=O) groups excluding carboxylic acids is 1. The van der Waals surface area contributed by atoms with Gasteiger partial charge >= 0.3 is 0 Å². The zero-order chi connectivity index (χ0) is 20.9. The second kappa shape index (κ2) is 7.21. The number of ether oxygens (including phenoxy) is 1. The first kappa shape index (κ1) is 18.6. The van der Waals surface area contributed by atoms with Crippen molar-refractivity contribution in [3.8, 4) is 5.75 Å². The molecule has 3 aromatic rings. The molecule has 8 nitrogen and oxygen atoms in total. The van der Waals surface area contributed by atoms with Crippen LogP contribution in [0, 0.1) is 18.8 Å². The molecule has 160 valence electrons. The predicted molar refractivity (Wildman–Crippen MR) is 116 cm³/mol. The van der Waals surface area contributed by atoms with E-state index in [2.05, 4.69) is 30.6 Å². The Hall–Kier alpha value is -3.16. The van der Waals surface area contributed by atoms with Gasteiger partial charge in [0, 0.05) is 37.4 Å². The standard InChI is InChI=1S/C23H26N6O2/c1-13-8-20(23(30)25-21-14-9-15(21)10-14)27-28-22(13)29-6-4-17(5-7-29)31-18-2-3-19-16(11-18)12-24-26-19/h2-3,8,11-12,14-15,17,21H,4-7,9-10H2,1H3,(H,24,26)(H,25,30). The van der Waals surface area contributed by atoms with Gasteiger partial charge in [0.2, 0.25) is 0 Å². The number of amides is 1. The molecule has 3 saturated carbocycles. The van der Waals surface area contributed by atoms with Crippen molar-refractivity contribution >= 4 is 22.6 Å². The third-order valence-corrected chi connectivity index (χ3v) is 7.17. The molecule has 0 radical (unpaired) electrons. The van der Waals surface area contributed by atoms with E-state index < -0.39 is 0 Å². The number of hydrogen-bond acceptors (Lipinski definition) is 6.